The fraction of sp³-hybridized carbons (Fsp3) is 0.393. The second-order valence-electron chi connectivity index (χ2n) is 9.26. The largest absolute Gasteiger partial charge is 0.481 e. The summed E-state index contributed by atoms with van der Waals surface area (Å²) in [6.45, 7) is 8.28. The van der Waals surface area contributed by atoms with Crippen LogP contribution in [0.3, 0.4) is 0 Å². The molecule has 0 spiro atoms. The summed E-state index contributed by atoms with van der Waals surface area (Å²) in [6.07, 6.45) is 0.264. The van der Waals surface area contributed by atoms with Gasteiger partial charge in [-0.05, 0) is 57.2 Å². The fourth-order valence-corrected chi connectivity index (χ4v) is 4.49. The standard InChI is InChI=1S/C28H35N3O5/c1-5-23-27(20-9-6-17(2)7-10-20)26(28(36)30-24-11-8-18(3)16-29-24)19(4)31(23)13-12-21(32)14-22(33)15-25(34)35/h6-11,16,21-22,32-33H,5,12-15H2,1-4H3,(H,34,35)(H,29,30,36)/t21-,22-/m1/s1. The van der Waals surface area contributed by atoms with Crippen LogP contribution in [0.2, 0.25) is 0 Å². The molecule has 0 aliphatic rings. The average Bonchev–Trinajstić information content (AvgIpc) is 3.10. The van der Waals surface area contributed by atoms with Crippen molar-refractivity contribution >= 4 is 17.7 Å². The lowest BCUT2D eigenvalue weighted by molar-refractivity contribution is -0.139. The predicted octanol–water partition coefficient (Wildman–Crippen LogP) is 4.27. The molecule has 1 amide bonds. The van der Waals surface area contributed by atoms with Crippen LogP contribution in [0.4, 0.5) is 5.82 Å². The average molecular weight is 494 g/mol. The Labute approximate surface area is 211 Å². The molecule has 192 valence electrons. The van der Waals surface area contributed by atoms with E-state index in [0.717, 1.165) is 33.6 Å². The molecular weight excluding hydrogens is 458 g/mol. The molecule has 0 aliphatic carbocycles. The van der Waals surface area contributed by atoms with Crippen LogP contribution in [0.5, 0.6) is 0 Å². The van der Waals surface area contributed by atoms with Gasteiger partial charge in [0.2, 0.25) is 0 Å². The van der Waals surface area contributed by atoms with Crippen molar-refractivity contribution in [1.29, 1.82) is 0 Å². The number of aliphatic hydroxyl groups excluding tert-OH is 2. The van der Waals surface area contributed by atoms with E-state index in [0.29, 0.717) is 30.8 Å². The van der Waals surface area contributed by atoms with E-state index < -0.39 is 24.6 Å². The van der Waals surface area contributed by atoms with Gasteiger partial charge in [0.05, 0.1) is 24.2 Å². The summed E-state index contributed by atoms with van der Waals surface area (Å²) in [5.41, 5.74) is 6.18. The van der Waals surface area contributed by atoms with Gasteiger partial charge in [-0.15, -0.1) is 0 Å². The summed E-state index contributed by atoms with van der Waals surface area (Å²) in [4.78, 5) is 28.7. The number of aliphatic hydroxyl groups is 2. The van der Waals surface area contributed by atoms with Crippen molar-refractivity contribution < 1.29 is 24.9 Å². The summed E-state index contributed by atoms with van der Waals surface area (Å²) >= 11 is 0. The lowest BCUT2D eigenvalue weighted by Crippen LogP contribution is -2.22. The lowest BCUT2D eigenvalue weighted by Gasteiger charge is -2.17. The van der Waals surface area contributed by atoms with Crippen molar-refractivity contribution in [3.05, 3.63) is 70.7 Å². The predicted molar refractivity (Wildman–Crippen MR) is 139 cm³/mol. The van der Waals surface area contributed by atoms with Crippen LogP contribution in [-0.2, 0) is 17.8 Å². The first kappa shape index (κ1) is 27.1. The molecule has 0 fully saturated rings. The molecule has 0 unspecified atom stereocenters. The van der Waals surface area contributed by atoms with Crippen molar-refractivity contribution in [3.8, 4) is 11.1 Å². The molecule has 8 nitrogen and oxygen atoms in total. The summed E-state index contributed by atoms with van der Waals surface area (Å²) in [7, 11) is 0. The second kappa shape index (κ2) is 12.0. The van der Waals surface area contributed by atoms with Gasteiger partial charge in [0.15, 0.2) is 0 Å². The zero-order valence-electron chi connectivity index (χ0n) is 21.3. The number of aryl methyl sites for hydroxylation is 2. The number of nitrogens with one attached hydrogen (secondary N) is 1. The number of rotatable bonds is 11. The Morgan fingerprint density at radius 3 is 2.25 bits per heavy atom. The normalized spacial score (nSPS) is 12.8. The van der Waals surface area contributed by atoms with E-state index in [1.807, 2.05) is 62.6 Å². The van der Waals surface area contributed by atoms with Gasteiger partial charge in [-0.25, -0.2) is 4.98 Å². The SMILES string of the molecule is CCc1c(-c2ccc(C)cc2)c(C(=O)Nc2ccc(C)cn2)c(C)n1CC[C@@H](O)C[C@@H](O)CC(=O)O. The molecule has 0 saturated heterocycles. The van der Waals surface area contributed by atoms with E-state index in [-0.39, 0.29) is 12.3 Å². The topological polar surface area (TPSA) is 125 Å². The number of aliphatic carboxylic acids is 1. The number of hydrogen-bond acceptors (Lipinski definition) is 5. The molecule has 0 radical (unpaired) electrons. The monoisotopic (exact) mass is 493 g/mol. The number of hydrogen-bond donors (Lipinski definition) is 4. The molecular formula is C28H35N3O5. The Morgan fingerprint density at radius 1 is 1.00 bits per heavy atom. The number of carboxylic acids is 1. The smallest absolute Gasteiger partial charge is 0.305 e. The molecule has 3 aromatic rings. The maximum Gasteiger partial charge on any atom is 0.305 e. The van der Waals surface area contributed by atoms with Crippen LogP contribution in [0, 0.1) is 20.8 Å². The molecule has 2 atom stereocenters. The zero-order valence-corrected chi connectivity index (χ0v) is 21.3. The molecule has 2 heterocycles. The van der Waals surface area contributed by atoms with Crippen LogP contribution in [-0.4, -0.2) is 49.0 Å². The number of carbonyl (C=O) groups is 2. The van der Waals surface area contributed by atoms with Crippen molar-refractivity contribution in [2.45, 2.75) is 72.1 Å². The van der Waals surface area contributed by atoms with Gasteiger partial charge in [-0.2, -0.15) is 0 Å². The number of benzene rings is 1. The number of aromatic nitrogens is 2. The number of pyridine rings is 1. The second-order valence-corrected chi connectivity index (χ2v) is 9.26. The fourth-order valence-electron chi connectivity index (χ4n) is 4.49. The first-order valence-corrected chi connectivity index (χ1v) is 12.2. The van der Waals surface area contributed by atoms with Gasteiger partial charge in [0.1, 0.15) is 5.82 Å². The minimum atomic E-state index is -1.11. The van der Waals surface area contributed by atoms with Crippen molar-refractivity contribution in [3.63, 3.8) is 0 Å². The van der Waals surface area contributed by atoms with Crippen LogP contribution < -0.4 is 5.32 Å². The Morgan fingerprint density at radius 2 is 1.67 bits per heavy atom. The van der Waals surface area contributed by atoms with Crippen LogP contribution in [0.15, 0.2) is 42.6 Å². The number of anilines is 1. The Kier molecular flexibility index (Phi) is 9.01. The molecule has 3 rings (SSSR count). The highest BCUT2D eigenvalue weighted by Crippen LogP contribution is 2.34. The Bertz CT molecular complexity index is 1200. The van der Waals surface area contributed by atoms with E-state index >= 15 is 0 Å². The molecule has 0 bridgehead atoms. The Balaban J connectivity index is 1.97. The molecule has 0 aliphatic heterocycles. The number of amides is 1. The summed E-state index contributed by atoms with van der Waals surface area (Å²) < 4.78 is 2.04. The van der Waals surface area contributed by atoms with Gasteiger partial charge in [-0.3, -0.25) is 9.59 Å². The molecule has 0 saturated carbocycles. The zero-order chi connectivity index (χ0) is 26.4. The molecule has 36 heavy (non-hydrogen) atoms. The first-order valence-electron chi connectivity index (χ1n) is 12.2. The maximum absolute atomic E-state index is 13.5. The Hall–Kier alpha value is -3.49. The summed E-state index contributed by atoms with van der Waals surface area (Å²) in [5.74, 6) is -0.899. The summed E-state index contributed by atoms with van der Waals surface area (Å²) in [5, 5.41) is 32.1. The minimum absolute atomic E-state index is 0.0225. The van der Waals surface area contributed by atoms with Crippen LogP contribution >= 0.6 is 0 Å². The highest BCUT2D eigenvalue weighted by atomic mass is 16.4. The molecule has 8 heteroatoms. The quantitative estimate of drug-likeness (QED) is 0.316. The maximum atomic E-state index is 13.5. The number of nitrogens with zero attached hydrogens (tertiary/aromatic N) is 2. The third kappa shape index (κ3) is 6.59. The highest BCUT2D eigenvalue weighted by molar-refractivity contribution is 6.10. The van der Waals surface area contributed by atoms with Crippen molar-refractivity contribution in [2.24, 2.45) is 0 Å². The van der Waals surface area contributed by atoms with Gasteiger partial charge >= 0.3 is 5.97 Å². The van der Waals surface area contributed by atoms with Gasteiger partial charge < -0.3 is 25.2 Å². The molecule has 2 aromatic heterocycles. The van der Waals surface area contributed by atoms with Crippen molar-refractivity contribution in [2.75, 3.05) is 5.32 Å². The first-order chi connectivity index (χ1) is 17.1. The minimum Gasteiger partial charge on any atom is -0.481 e. The molecule has 1 aromatic carbocycles. The third-order valence-corrected chi connectivity index (χ3v) is 6.33. The van der Waals surface area contributed by atoms with E-state index in [9.17, 15) is 19.8 Å². The van der Waals surface area contributed by atoms with E-state index in [1.165, 1.54) is 0 Å². The summed E-state index contributed by atoms with van der Waals surface area (Å²) in [6, 6.07) is 11.7. The number of carboxylic acid groups (broad SMARTS) is 1. The number of carbonyl (C=O) groups excluding carboxylic acids is 1. The van der Waals surface area contributed by atoms with Crippen molar-refractivity contribution in [1.82, 2.24) is 9.55 Å². The van der Waals surface area contributed by atoms with Gasteiger partial charge in [-0.1, -0.05) is 42.8 Å². The van der Waals surface area contributed by atoms with Crippen LogP contribution in [0.25, 0.3) is 11.1 Å². The highest BCUT2D eigenvalue weighted by Gasteiger charge is 2.26. The van der Waals surface area contributed by atoms with Gasteiger partial charge in [0.25, 0.3) is 5.91 Å². The molecule has 4 N–H and O–H groups in total. The van der Waals surface area contributed by atoms with Gasteiger partial charge in [0, 0.05) is 29.7 Å². The van der Waals surface area contributed by atoms with E-state index in [1.54, 1.807) is 12.3 Å². The lowest BCUT2D eigenvalue weighted by atomic mass is 9.97. The van der Waals surface area contributed by atoms with E-state index in [4.69, 9.17) is 5.11 Å². The van der Waals surface area contributed by atoms with Crippen LogP contribution in [0.1, 0.15) is 59.1 Å². The third-order valence-electron chi connectivity index (χ3n) is 6.33. The van der Waals surface area contributed by atoms with E-state index in [2.05, 4.69) is 10.3 Å².